The van der Waals surface area contributed by atoms with Crippen LogP contribution < -0.4 is 15.5 Å². The molecule has 1 aromatic rings. The van der Waals surface area contributed by atoms with Gasteiger partial charge in [0.15, 0.2) is 0 Å². The number of thioether (sulfide) groups is 1. The summed E-state index contributed by atoms with van der Waals surface area (Å²) >= 11 is 1.84. The predicted molar refractivity (Wildman–Crippen MR) is 79.0 cm³/mol. The smallest absolute Gasteiger partial charge is 0.259 e. The molecule has 2 N–H and O–H groups in total. The van der Waals surface area contributed by atoms with Crippen molar-refractivity contribution in [3.8, 4) is 5.75 Å². The maximum Gasteiger partial charge on any atom is 0.259 e. The molecule has 0 spiro atoms. The molecule has 6 heteroatoms. The Hall–Kier alpha value is -1.69. The van der Waals surface area contributed by atoms with E-state index in [1.54, 1.807) is 7.11 Å². The Morgan fingerprint density at radius 2 is 2.21 bits per heavy atom. The van der Waals surface area contributed by atoms with Gasteiger partial charge in [0.05, 0.1) is 13.7 Å². The standard InChI is InChI=1S/C13H17N3O2S/c1-18-12-4-2-10(3-5-12)14-8-13(17)16-15-11-6-7-19-9-11/h2-5,14H,6-9H2,1H3,(H,16,17)/b15-11-. The first kappa shape index (κ1) is 13.7. The molecule has 1 saturated heterocycles. The zero-order valence-corrected chi connectivity index (χ0v) is 11.6. The summed E-state index contributed by atoms with van der Waals surface area (Å²) in [7, 11) is 1.62. The molecule has 0 atom stereocenters. The molecular formula is C13H17N3O2S. The van der Waals surface area contributed by atoms with Crippen LogP contribution in [0.5, 0.6) is 5.75 Å². The van der Waals surface area contributed by atoms with E-state index in [-0.39, 0.29) is 12.5 Å². The van der Waals surface area contributed by atoms with Crippen LogP contribution in [0.25, 0.3) is 0 Å². The summed E-state index contributed by atoms with van der Waals surface area (Å²) in [5.74, 6) is 2.67. The first-order valence-electron chi connectivity index (χ1n) is 6.08. The third-order valence-corrected chi connectivity index (χ3v) is 3.72. The average Bonchev–Trinajstić information content (AvgIpc) is 2.96. The van der Waals surface area contributed by atoms with Crippen molar-refractivity contribution in [3.05, 3.63) is 24.3 Å². The second kappa shape index (κ2) is 7.04. The summed E-state index contributed by atoms with van der Waals surface area (Å²) in [5.41, 5.74) is 4.50. The molecule has 2 rings (SSSR count). The van der Waals surface area contributed by atoms with Gasteiger partial charge in [-0.1, -0.05) is 0 Å². The van der Waals surface area contributed by atoms with Crippen LogP contribution in [0.1, 0.15) is 6.42 Å². The van der Waals surface area contributed by atoms with E-state index in [0.717, 1.165) is 35.1 Å². The molecule has 1 aliphatic rings. The molecule has 0 bridgehead atoms. The second-order valence-electron chi connectivity index (χ2n) is 4.10. The molecule has 1 amide bonds. The zero-order chi connectivity index (χ0) is 13.5. The number of hydrogen-bond donors (Lipinski definition) is 2. The Balaban J connectivity index is 1.74. The lowest BCUT2D eigenvalue weighted by molar-refractivity contribution is -0.119. The minimum atomic E-state index is -0.139. The van der Waals surface area contributed by atoms with E-state index < -0.39 is 0 Å². The van der Waals surface area contributed by atoms with E-state index in [0.29, 0.717) is 0 Å². The van der Waals surface area contributed by atoms with Crippen molar-refractivity contribution in [2.24, 2.45) is 5.10 Å². The lowest BCUT2D eigenvalue weighted by Crippen LogP contribution is -2.26. The molecule has 1 heterocycles. The van der Waals surface area contributed by atoms with Crippen LogP contribution >= 0.6 is 11.8 Å². The number of benzene rings is 1. The summed E-state index contributed by atoms with van der Waals surface area (Å²) < 4.78 is 5.06. The van der Waals surface area contributed by atoms with Gasteiger partial charge < -0.3 is 10.1 Å². The van der Waals surface area contributed by atoms with Gasteiger partial charge in [0.25, 0.3) is 5.91 Å². The van der Waals surface area contributed by atoms with Gasteiger partial charge in [-0.2, -0.15) is 16.9 Å². The maximum absolute atomic E-state index is 11.6. The van der Waals surface area contributed by atoms with Gasteiger partial charge in [-0.15, -0.1) is 0 Å². The van der Waals surface area contributed by atoms with Gasteiger partial charge in [0.2, 0.25) is 0 Å². The number of hydrazone groups is 1. The summed E-state index contributed by atoms with van der Waals surface area (Å²) in [6.45, 7) is 0.205. The fourth-order valence-corrected chi connectivity index (χ4v) is 2.58. The Kier molecular flexibility index (Phi) is 5.09. The first-order valence-corrected chi connectivity index (χ1v) is 7.23. The number of carbonyl (C=O) groups is 1. The van der Waals surface area contributed by atoms with Crippen molar-refractivity contribution < 1.29 is 9.53 Å². The van der Waals surface area contributed by atoms with Crippen LogP contribution in [-0.2, 0) is 4.79 Å². The molecule has 0 unspecified atom stereocenters. The summed E-state index contributed by atoms with van der Waals surface area (Å²) in [6, 6.07) is 7.42. The Morgan fingerprint density at radius 3 is 2.84 bits per heavy atom. The molecule has 0 aromatic heterocycles. The minimum Gasteiger partial charge on any atom is -0.497 e. The molecule has 5 nitrogen and oxygen atoms in total. The van der Waals surface area contributed by atoms with Gasteiger partial charge in [0.1, 0.15) is 5.75 Å². The van der Waals surface area contributed by atoms with E-state index in [4.69, 9.17) is 4.74 Å². The van der Waals surface area contributed by atoms with Gasteiger partial charge in [0, 0.05) is 17.2 Å². The first-order chi connectivity index (χ1) is 9.28. The van der Waals surface area contributed by atoms with Crippen molar-refractivity contribution in [1.82, 2.24) is 5.43 Å². The van der Waals surface area contributed by atoms with E-state index in [2.05, 4.69) is 15.8 Å². The number of anilines is 1. The summed E-state index contributed by atoms with van der Waals surface area (Å²) in [5, 5.41) is 7.13. The molecule has 19 heavy (non-hydrogen) atoms. The highest BCUT2D eigenvalue weighted by atomic mass is 32.2. The van der Waals surface area contributed by atoms with Crippen molar-refractivity contribution in [3.63, 3.8) is 0 Å². The largest absolute Gasteiger partial charge is 0.497 e. The fraction of sp³-hybridized carbons (Fsp3) is 0.385. The van der Waals surface area contributed by atoms with Crippen LogP contribution in [0.15, 0.2) is 29.4 Å². The van der Waals surface area contributed by atoms with Crippen molar-refractivity contribution in [1.29, 1.82) is 0 Å². The van der Waals surface area contributed by atoms with Gasteiger partial charge in [-0.3, -0.25) is 4.79 Å². The molecule has 1 aliphatic heterocycles. The Labute approximate surface area is 116 Å². The Morgan fingerprint density at radius 1 is 1.42 bits per heavy atom. The van der Waals surface area contributed by atoms with E-state index in [9.17, 15) is 4.79 Å². The number of ether oxygens (including phenoxy) is 1. The lowest BCUT2D eigenvalue weighted by atomic mass is 10.3. The van der Waals surface area contributed by atoms with Gasteiger partial charge in [-0.05, 0) is 36.4 Å². The van der Waals surface area contributed by atoms with Gasteiger partial charge in [-0.25, -0.2) is 5.43 Å². The highest BCUT2D eigenvalue weighted by molar-refractivity contribution is 8.00. The molecule has 102 valence electrons. The number of nitrogens with zero attached hydrogens (tertiary/aromatic N) is 1. The molecule has 0 radical (unpaired) electrons. The number of amides is 1. The number of carbonyl (C=O) groups excluding carboxylic acids is 1. The second-order valence-corrected chi connectivity index (χ2v) is 5.20. The van der Waals surface area contributed by atoms with E-state index >= 15 is 0 Å². The minimum absolute atomic E-state index is 0.139. The van der Waals surface area contributed by atoms with Crippen LogP contribution in [-0.4, -0.2) is 36.8 Å². The number of rotatable bonds is 5. The number of hydrogen-bond acceptors (Lipinski definition) is 5. The van der Waals surface area contributed by atoms with Gasteiger partial charge >= 0.3 is 0 Å². The van der Waals surface area contributed by atoms with Crippen molar-refractivity contribution in [2.75, 3.05) is 30.5 Å². The van der Waals surface area contributed by atoms with E-state index in [1.165, 1.54) is 0 Å². The van der Waals surface area contributed by atoms with E-state index in [1.807, 2.05) is 36.0 Å². The maximum atomic E-state index is 11.6. The Bertz CT molecular complexity index is 451. The highest BCUT2D eigenvalue weighted by Gasteiger charge is 2.09. The number of methoxy groups -OCH3 is 1. The molecule has 1 fully saturated rings. The zero-order valence-electron chi connectivity index (χ0n) is 10.8. The molecular weight excluding hydrogens is 262 g/mol. The number of nitrogens with one attached hydrogen (secondary N) is 2. The molecule has 0 aliphatic carbocycles. The topological polar surface area (TPSA) is 62.7 Å². The van der Waals surface area contributed by atoms with Crippen LogP contribution in [0.4, 0.5) is 5.69 Å². The third kappa shape index (κ3) is 4.48. The molecule has 1 aromatic carbocycles. The average molecular weight is 279 g/mol. The molecule has 0 saturated carbocycles. The SMILES string of the molecule is COc1ccc(NCC(=O)N/N=C2/CCSC2)cc1. The quantitative estimate of drug-likeness (QED) is 0.806. The van der Waals surface area contributed by atoms with Crippen molar-refractivity contribution >= 4 is 29.1 Å². The van der Waals surface area contributed by atoms with Crippen LogP contribution in [0, 0.1) is 0 Å². The third-order valence-electron chi connectivity index (χ3n) is 2.69. The summed E-state index contributed by atoms with van der Waals surface area (Å²) in [6.07, 6.45) is 0.969. The predicted octanol–water partition coefficient (Wildman–Crippen LogP) is 1.72. The van der Waals surface area contributed by atoms with Crippen molar-refractivity contribution in [2.45, 2.75) is 6.42 Å². The van der Waals surface area contributed by atoms with Crippen LogP contribution in [0.2, 0.25) is 0 Å². The lowest BCUT2D eigenvalue weighted by Gasteiger charge is -2.06. The highest BCUT2D eigenvalue weighted by Crippen LogP contribution is 2.15. The monoisotopic (exact) mass is 279 g/mol. The van der Waals surface area contributed by atoms with Crippen LogP contribution in [0.3, 0.4) is 0 Å². The fourth-order valence-electron chi connectivity index (χ4n) is 1.61. The summed E-state index contributed by atoms with van der Waals surface area (Å²) in [4.78, 5) is 11.6. The normalized spacial score (nSPS) is 16.4.